The molecule has 0 radical (unpaired) electrons. The summed E-state index contributed by atoms with van der Waals surface area (Å²) in [5.74, 6) is 0.693. The van der Waals surface area contributed by atoms with Crippen LogP contribution in [0.5, 0.6) is 0 Å². The van der Waals surface area contributed by atoms with Crippen LogP contribution in [-0.2, 0) is 6.54 Å². The van der Waals surface area contributed by atoms with Crippen LogP contribution in [0.2, 0.25) is 0 Å². The van der Waals surface area contributed by atoms with Crippen LogP contribution in [0.15, 0.2) is 186 Å². The molecule has 5 aromatic rings. The number of hydrogen-bond acceptors (Lipinski definition) is 1. The largest absolute Gasteiger partial charge is 0.261 e. The van der Waals surface area contributed by atoms with Crippen molar-refractivity contribution >= 4 is 29.3 Å². The van der Waals surface area contributed by atoms with Crippen molar-refractivity contribution < 1.29 is 0 Å². The molecule has 0 aliphatic heterocycles. The Morgan fingerprint density at radius 3 is 2.13 bits per heavy atom. The molecule has 0 N–H and O–H groups in total. The SMILES string of the molecule is C=C.CC(=NC(=NCc1ccccc1)C1=C/C=C/C=c2\cccc\c2=C(/c2cccc(C)c2)c2ccccc2/C=C\1)c1ccccc1. The van der Waals surface area contributed by atoms with E-state index in [0.717, 1.165) is 33.2 Å². The van der Waals surface area contributed by atoms with Crippen molar-refractivity contribution in [2.24, 2.45) is 9.98 Å². The molecule has 0 saturated heterocycles. The Bertz CT molecular complexity index is 2090. The van der Waals surface area contributed by atoms with E-state index >= 15 is 0 Å². The fourth-order valence-corrected chi connectivity index (χ4v) is 5.54. The predicted octanol–water partition coefficient (Wildman–Crippen LogP) is 9.44. The van der Waals surface area contributed by atoms with Crippen LogP contribution >= 0.6 is 0 Å². The van der Waals surface area contributed by atoms with Gasteiger partial charge in [-0.05, 0) is 57.7 Å². The lowest BCUT2D eigenvalue weighted by Gasteiger charge is -2.14. The summed E-state index contributed by atoms with van der Waals surface area (Å²) in [5, 5.41) is 2.36. The topological polar surface area (TPSA) is 24.7 Å². The molecule has 0 heterocycles. The molecule has 0 fully saturated rings. The predicted molar refractivity (Wildman–Crippen MR) is 203 cm³/mol. The van der Waals surface area contributed by atoms with E-state index < -0.39 is 0 Å². The number of fused-ring (bicyclic) bond motifs is 2. The number of amidine groups is 1. The van der Waals surface area contributed by atoms with Gasteiger partial charge in [-0.25, -0.2) is 4.99 Å². The maximum absolute atomic E-state index is 5.12. The highest BCUT2D eigenvalue weighted by Crippen LogP contribution is 2.26. The van der Waals surface area contributed by atoms with Crippen molar-refractivity contribution in [2.45, 2.75) is 20.4 Å². The van der Waals surface area contributed by atoms with Gasteiger partial charge >= 0.3 is 0 Å². The standard InChI is InChI=1S/C43H36N2.C2H4/c1-32-16-15-25-39(30-32)42-40-26-13-11-22-36(40)21-9-10-24-38(29-28-37-23-12-14-27-41(37)42)43(44-31-34-17-5-3-6-18-34)45-33(2)35-19-7-4-8-20-35;1-2/h3-30H,31H2,1-2H3;1-2H2/b10-9+,21-9?,24-10?,29-28-,36-21+,37-28?,38-24+,38-29?,42-40-,42-41?,44-43?,45-33?;. The van der Waals surface area contributed by atoms with E-state index in [0.29, 0.717) is 12.4 Å². The monoisotopic (exact) mass is 608 g/mol. The summed E-state index contributed by atoms with van der Waals surface area (Å²) < 4.78 is 0. The third-order valence-electron chi connectivity index (χ3n) is 7.85. The molecule has 0 saturated carbocycles. The molecule has 2 nitrogen and oxygen atoms in total. The quantitative estimate of drug-likeness (QED) is 0.108. The van der Waals surface area contributed by atoms with Gasteiger partial charge < -0.3 is 0 Å². The summed E-state index contributed by atoms with van der Waals surface area (Å²) in [6, 6.07) is 46.7. The average Bonchev–Trinajstić information content (AvgIpc) is 3.12. The van der Waals surface area contributed by atoms with Gasteiger partial charge in [0.2, 0.25) is 0 Å². The van der Waals surface area contributed by atoms with Gasteiger partial charge in [-0.15, -0.1) is 13.2 Å². The molecule has 230 valence electrons. The molecule has 0 spiro atoms. The van der Waals surface area contributed by atoms with Crippen molar-refractivity contribution in [3.05, 3.63) is 220 Å². The maximum atomic E-state index is 5.12. The minimum absolute atomic E-state index is 0.540. The Kier molecular flexibility index (Phi) is 11.4. The first-order valence-corrected chi connectivity index (χ1v) is 15.9. The van der Waals surface area contributed by atoms with Gasteiger partial charge in [-0.1, -0.05) is 175 Å². The average molecular weight is 609 g/mol. The minimum Gasteiger partial charge on any atom is -0.261 e. The van der Waals surface area contributed by atoms with Crippen LogP contribution in [0.4, 0.5) is 0 Å². The van der Waals surface area contributed by atoms with E-state index in [2.05, 4.69) is 154 Å². The van der Waals surface area contributed by atoms with Gasteiger partial charge in [0.1, 0.15) is 0 Å². The van der Waals surface area contributed by atoms with E-state index in [1.165, 1.54) is 27.5 Å². The lowest BCUT2D eigenvalue weighted by Crippen LogP contribution is -2.27. The van der Waals surface area contributed by atoms with E-state index in [9.17, 15) is 0 Å². The molecule has 0 aromatic heterocycles. The Hall–Kier alpha value is -5.86. The van der Waals surface area contributed by atoms with Crippen LogP contribution in [0.3, 0.4) is 0 Å². The molecule has 0 amide bonds. The maximum Gasteiger partial charge on any atom is 0.155 e. The van der Waals surface area contributed by atoms with Crippen LogP contribution in [0.1, 0.15) is 40.3 Å². The Balaban J connectivity index is 0.00000213. The zero-order chi connectivity index (χ0) is 32.8. The Morgan fingerprint density at radius 1 is 0.660 bits per heavy atom. The van der Waals surface area contributed by atoms with E-state index in [-0.39, 0.29) is 0 Å². The van der Waals surface area contributed by atoms with Crippen molar-refractivity contribution in [1.82, 2.24) is 0 Å². The molecule has 2 heteroatoms. The third-order valence-corrected chi connectivity index (χ3v) is 7.85. The summed E-state index contributed by atoms with van der Waals surface area (Å²) >= 11 is 0. The number of allylic oxidation sites excluding steroid dienone is 3. The number of hydrogen-bond donors (Lipinski definition) is 0. The number of benzene rings is 5. The number of rotatable bonds is 5. The molecule has 1 aliphatic carbocycles. The van der Waals surface area contributed by atoms with Crippen LogP contribution in [0, 0.1) is 6.92 Å². The fourth-order valence-electron chi connectivity index (χ4n) is 5.54. The molecular formula is C45H40N2. The smallest absolute Gasteiger partial charge is 0.155 e. The van der Waals surface area contributed by atoms with Crippen LogP contribution in [0.25, 0.3) is 17.7 Å². The first kappa shape index (κ1) is 32.5. The highest BCUT2D eigenvalue weighted by Gasteiger charge is 2.12. The zero-order valence-corrected chi connectivity index (χ0v) is 27.2. The third kappa shape index (κ3) is 8.45. The van der Waals surface area contributed by atoms with Crippen LogP contribution in [-0.4, -0.2) is 11.5 Å². The van der Waals surface area contributed by atoms with Crippen molar-refractivity contribution in [3.63, 3.8) is 0 Å². The lowest BCUT2D eigenvalue weighted by atomic mass is 9.90. The molecule has 0 atom stereocenters. The molecular weight excluding hydrogens is 569 g/mol. The molecule has 47 heavy (non-hydrogen) atoms. The first-order chi connectivity index (χ1) is 23.2. The molecule has 0 unspecified atom stereocenters. The first-order valence-electron chi connectivity index (χ1n) is 15.9. The molecule has 0 bridgehead atoms. The van der Waals surface area contributed by atoms with Crippen molar-refractivity contribution in [1.29, 1.82) is 0 Å². The second-order valence-corrected chi connectivity index (χ2v) is 11.1. The highest BCUT2D eigenvalue weighted by molar-refractivity contribution is 6.12. The molecule has 5 aromatic carbocycles. The molecule has 6 rings (SSSR count). The fraction of sp³-hybridized carbons (Fsp3) is 0.0667. The van der Waals surface area contributed by atoms with E-state index in [1.54, 1.807) is 0 Å². The van der Waals surface area contributed by atoms with E-state index in [4.69, 9.17) is 9.98 Å². The van der Waals surface area contributed by atoms with Crippen molar-refractivity contribution in [3.8, 4) is 0 Å². The van der Waals surface area contributed by atoms with Gasteiger partial charge in [0.05, 0.1) is 6.54 Å². The van der Waals surface area contributed by atoms with Gasteiger partial charge in [-0.3, -0.25) is 4.99 Å². The van der Waals surface area contributed by atoms with E-state index in [1.807, 2.05) is 43.3 Å². The van der Waals surface area contributed by atoms with Gasteiger partial charge in [0, 0.05) is 11.3 Å². The molecule has 1 aliphatic rings. The summed E-state index contributed by atoms with van der Waals surface area (Å²) in [6.45, 7) is 10.7. The zero-order valence-electron chi connectivity index (χ0n) is 27.2. The second-order valence-electron chi connectivity index (χ2n) is 11.1. The number of nitrogens with zero attached hydrogens (tertiary/aromatic N) is 2. The second kappa shape index (κ2) is 16.5. The van der Waals surface area contributed by atoms with Crippen molar-refractivity contribution in [2.75, 3.05) is 0 Å². The lowest BCUT2D eigenvalue weighted by molar-refractivity contribution is 1.06. The number of aryl methyl sites for hydroxylation is 1. The normalized spacial score (nSPS) is 17.4. The summed E-state index contributed by atoms with van der Waals surface area (Å²) in [5.41, 5.74) is 10.0. The van der Waals surface area contributed by atoms with Gasteiger partial charge in [0.25, 0.3) is 0 Å². The Labute approximate surface area is 279 Å². The van der Waals surface area contributed by atoms with Crippen LogP contribution < -0.4 is 10.4 Å². The Morgan fingerprint density at radius 2 is 1.34 bits per heavy atom. The minimum atomic E-state index is 0.540. The number of aliphatic imine (C=N–C) groups is 2. The summed E-state index contributed by atoms with van der Waals surface area (Å²) in [7, 11) is 0. The summed E-state index contributed by atoms with van der Waals surface area (Å²) in [4.78, 5) is 10.2. The van der Waals surface area contributed by atoms with Gasteiger partial charge in [-0.2, -0.15) is 0 Å². The highest BCUT2D eigenvalue weighted by atomic mass is 14.9. The van der Waals surface area contributed by atoms with Gasteiger partial charge in [0.15, 0.2) is 5.84 Å². The summed E-state index contributed by atoms with van der Waals surface area (Å²) in [6.07, 6.45) is 12.8.